The van der Waals surface area contributed by atoms with E-state index >= 15 is 0 Å². The van der Waals surface area contributed by atoms with E-state index in [-0.39, 0.29) is 0 Å². The Morgan fingerprint density at radius 3 is 2.83 bits per heavy atom. The highest BCUT2D eigenvalue weighted by Crippen LogP contribution is 2.23. The quantitative estimate of drug-likeness (QED) is 0.708. The SMILES string of the molecule is Cc1nc(-c2noc(-c3cccc(Cl)c3)n2)co1. The molecule has 0 amide bonds. The van der Waals surface area contributed by atoms with Crippen molar-refractivity contribution in [2.24, 2.45) is 0 Å². The van der Waals surface area contributed by atoms with E-state index < -0.39 is 0 Å². The van der Waals surface area contributed by atoms with Crippen LogP contribution in [0.4, 0.5) is 0 Å². The van der Waals surface area contributed by atoms with Crippen molar-refractivity contribution >= 4 is 11.6 Å². The van der Waals surface area contributed by atoms with Crippen LogP contribution in [0.2, 0.25) is 5.02 Å². The lowest BCUT2D eigenvalue weighted by atomic mass is 10.2. The van der Waals surface area contributed by atoms with E-state index in [2.05, 4.69) is 15.1 Å². The molecule has 1 aromatic carbocycles. The maximum absolute atomic E-state index is 5.90. The predicted octanol–water partition coefficient (Wildman–Crippen LogP) is 3.35. The Hall–Kier alpha value is -2.14. The Bertz CT molecular complexity index is 690. The summed E-state index contributed by atoms with van der Waals surface area (Å²) in [6, 6.07) is 7.20. The number of nitrogens with zero attached hydrogens (tertiary/aromatic N) is 3. The molecular formula is C12H8ClN3O2. The molecule has 0 saturated carbocycles. The van der Waals surface area contributed by atoms with Gasteiger partial charge in [0.25, 0.3) is 5.89 Å². The summed E-state index contributed by atoms with van der Waals surface area (Å²) in [6.45, 7) is 1.75. The summed E-state index contributed by atoms with van der Waals surface area (Å²) in [7, 11) is 0. The summed E-state index contributed by atoms with van der Waals surface area (Å²) < 4.78 is 10.3. The molecule has 0 saturated heterocycles. The maximum Gasteiger partial charge on any atom is 0.258 e. The van der Waals surface area contributed by atoms with Crippen molar-refractivity contribution in [1.29, 1.82) is 0 Å². The average molecular weight is 262 g/mol. The molecule has 0 spiro atoms. The number of hydrogen-bond acceptors (Lipinski definition) is 5. The number of aromatic nitrogens is 3. The predicted molar refractivity (Wildman–Crippen MR) is 65.0 cm³/mol. The fourth-order valence-electron chi connectivity index (χ4n) is 1.53. The zero-order valence-electron chi connectivity index (χ0n) is 9.42. The second-order valence-corrected chi connectivity index (χ2v) is 4.12. The Labute approximate surface area is 107 Å². The molecule has 0 bridgehead atoms. The molecule has 6 heteroatoms. The molecule has 3 rings (SSSR count). The third-order valence-corrected chi connectivity index (χ3v) is 2.58. The molecule has 5 nitrogen and oxygen atoms in total. The number of rotatable bonds is 2. The summed E-state index contributed by atoms with van der Waals surface area (Å²) >= 11 is 5.90. The van der Waals surface area contributed by atoms with Gasteiger partial charge in [0.1, 0.15) is 12.0 Å². The minimum absolute atomic E-state index is 0.391. The van der Waals surface area contributed by atoms with Crippen molar-refractivity contribution in [3.63, 3.8) is 0 Å². The first kappa shape index (κ1) is 11.0. The van der Waals surface area contributed by atoms with Crippen LogP contribution in [-0.4, -0.2) is 15.1 Å². The minimum atomic E-state index is 0.391. The molecular weight excluding hydrogens is 254 g/mol. The van der Waals surface area contributed by atoms with Crippen molar-refractivity contribution in [2.45, 2.75) is 6.92 Å². The van der Waals surface area contributed by atoms with Gasteiger partial charge < -0.3 is 8.94 Å². The molecule has 0 atom stereocenters. The summed E-state index contributed by atoms with van der Waals surface area (Å²) in [5.74, 6) is 1.34. The second-order valence-electron chi connectivity index (χ2n) is 3.69. The van der Waals surface area contributed by atoms with Crippen LogP contribution in [0, 0.1) is 6.92 Å². The fourth-order valence-corrected chi connectivity index (χ4v) is 1.72. The second kappa shape index (κ2) is 4.27. The Kier molecular flexibility index (Phi) is 2.60. The van der Waals surface area contributed by atoms with Gasteiger partial charge >= 0.3 is 0 Å². The topological polar surface area (TPSA) is 65.0 Å². The highest BCUT2D eigenvalue weighted by atomic mass is 35.5. The largest absolute Gasteiger partial charge is 0.449 e. The number of oxazole rings is 1. The summed E-state index contributed by atoms with van der Waals surface area (Å²) in [4.78, 5) is 8.37. The van der Waals surface area contributed by atoms with E-state index in [0.29, 0.717) is 28.3 Å². The van der Waals surface area contributed by atoms with Crippen molar-refractivity contribution in [3.05, 3.63) is 41.4 Å². The Balaban J connectivity index is 1.99. The van der Waals surface area contributed by atoms with Crippen LogP contribution >= 0.6 is 11.6 Å². The molecule has 0 aliphatic rings. The van der Waals surface area contributed by atoms with Crippen LogP contribution in [0.1, 0.15) is 5.89 Å². The molecule has 18 heavy (non-hydrogen) atoms. The monoisotopic (exact) mass is 261 g/mol. The van der Waals surface area contributed by atoms with E-state index in [1.807, 2.05) is 12.1 Å². The van der Waals surface area contributed by atoms with Crippen LogP contribution in [0.5, 0.6) is 0 Å². The molecule has 2 heterocycles. The Morgan fingerprint density at radius 2 is 2.11 bits per heavy atom. The van der Waals surface area contributed by atoms with Gasteiger partial charge in [0.15, 0.2) is 5.89 Å². The molecule has 0 aliphatic heterocycles. The first-order valence-electron chi connectivity index (χ1n) is 5.24. The molecule has 3 aromatic rings. The van der Waals surface area contributed by atoms with Crippen LogP contribution in [0.3, 0.4) is 0 Å². The standard InChI is InChI=1S/C12H8ClN3O2/c1-7-14-10(6-17-7)11-15-12(18-16-11)8-3-2-4-9(13)5-8/h2-6H,1H3. The van der Waals surface area contributed by atoms with Gasteiger partial charge in [-0.1, -0.05) is 22.8 Å². The normalized spacial score (nSPS) is 10.8. The molecule has 0 radical (unpaired) electrons. The lowest BCUT2D eigenvalue weighted by molar-refractivity contribution is 0.432. The van der Waals surface area contributed by atoms with Gasteiger partial charge in [-0.15, -0.1) is 0 Å². The van der Waals surface area contributed by atoms with Crippen LogP contribution in [-0.2, 0) is 0 Å². The van der Waals surface area contributed by atoms with E-state index in [1.54, 1.807) is 19.1 Å². The first-order chi connectivity index (χ1) is 8.72. The van der Waals surface area contributed by atoms with Crippen LogP contribution in [0.25, 0.3) is 23.0 Å². The zero-order chi connectivity index (χ0) is 12.5. The van der Waals surface area contributed by atoms with Gasteiger partial charge in [0, 0.05) is 17.5 Å². The highest BCUT2D eigenvalue weighted by molar-refractivity contribution is 6.30. The lowest BCUT2D eigenvalue weighted by Crippen LogP contribution is -1.81. The van der Waals surface area contributed by atoms with Crippen molar-refractivity contribution in [2.75, 3.05) is 0 Å². The third-order valence-electron chi connectivity index (χ3n) is 2.35. The molecule has 2 aromatic heterocycles. The minimum Gasteiger partial charge on any atom is -0.449 e. The number of benzene rings is 1. The van der Waals surface area contributed by atoms with E-state index in [9.17, 15) is 0 Å². The molecule has 0 fully saturated rings. The molecule has 90 valence electrons. The van der Waals surface area contributed by atoms with Gasteiger partial charge in [0.05, 0.1) is 0 Å². The van der Waals surface area contributed by atoms with Crippen LogP contribution in [0.15, 0.2) is 39.5 Å². The Morgan fingerprint density at radius 1 is 1.22 bits per heavy atom. The number of hydrogen-bond donors (Lipinski definition) is 0. The summed E-state index contributed by atoms with van der Waals surface area (Å²) in [5, 5.41) is 4.47. The van der Waals surface area contributed by atoms with Gasteiger partial charge in [-0.05, 0) is 18.2 Å². The number of halogens is 1. The fraction of sp³-hybridized carbons (Fsp3) is 0.0833. The van der Waals surface area contributed by atoms with E-state index in [0.717, 1.165) is 5.56 Å². The third kappa shape index (κ3) is 2.00. The van der Waals surface area contributed by atoms with Crippen LogP contribution < -0.4 is 0 Å². The summed E-state index contributed by atoms with van der Waals surface area (Å²) in [6.07, 6.45) is 1.49. The number of aryl methyl sites for hydroxylation is 1. The van der Waals surface area contributed by atoms with Gasteiger partial charge in [-0.25, -0.2) is 4.98 Å². The smallest absolute Gasteiger partial charge is 0.258 e. The van der Waals surface area contributed by atoms with Crippen molar-refractivity contribution < 1.29 is 8.94 Å². The lowest BCUT2D eigenvalue weighted by Gasteiger charge is -1.93. The van der Waals surface area contributed by atoms with Crippen molar-refractivity contribution in [3.8, 4) is 23.0 Å². The van der Waals surface area contributed by atoms with Crippen molar-refractivity contribution in [1.82, 2.24) is 15.1 Å². The molecule has 0 aliphatic carbocycles. The van der Waals surface area contributed by atoms with Gasteiger partial charge in [-0.2, -0.15) is 4.98 Å². The highest BCUT2D eigenvalue weighted by Gasteiger charge is 2.13. The molecule has 0 unspecified atom stereocenters. The molecule has 0 N–H and O–H groups in total. The van der Waals surface area contributed by atoms with Gasteiger partial charge in [0.2, 0.25) is 5.82 Å². The maximum atomic E-state index is 5.90. The van der Waals surface area contributed by atoms with E-state index in [4.69, 9.17) is 20.5 Å². The zero-order valence-corrected chi connectivity index (χ0v) is 10.2. The first-order valence-corrected chi connectivity index (χ1v) is 5.62. The average Bonchev–Trinajstić information content (AvgIpc) is 2.97. The van der Waals surface area contributed by atoms with E-state index in [1.165, 1.54) is 6.26 Å². The van der Waals surface area contributed by atoms with Gasteiger partial charge in [-0.3, -0.25) is 0 Å². The summed E-state index contributed by atoms with van der Waals surface area (Å²) in [5.41, 5.74) is 1.31.